The smallest absolute Gasteiger partial charge is 0.119 e. The third-order valence-electron chi connectivity index (χ3n) is 4.09. The highest BCUT2D eigenvalue weighted by molar-refractivity contribution is 9.10. The molecular weight excluding hydrogens is 382 g/mol. The van der Waals surface area contributed by atoms with Gasteiger partial charge in [-0.25, -0.2) is 0 Å². The Balaban J connectivity index is 2.10. The number of halogens is 2. The van der Waals surface area contributed by atoms with Gasteiger partial charge in [0.1, 0.15) is 5.75 Å². The summed E-state index contributed by atoms with van der Waals surface area (Å²) in [4.78, 5) is 2.62. The van der Waals surface area contributed by atoms with Crippen molar-refractivity contribution in [2.75, 3.05) is 19.0 Å². The summed E-state index contributed by atoms with van der Waals surface area (Å²) in [6.07, 6.45) is 6.84. The van der Waals surface area contributed by atoms with Crippen LogP contribution in [-0.4, -0.2) is 29.9 Å². The lowest BCUT2D eigenvalue weighted by atomic mass is 9.94. The Morgan fingerprint density at radius 1 is 1.25 bits per heavy atom. The number of ether oxygens (including phenoxy) is 1. The second kappa shape index (κ2) is 8.40. The van der Waals surface area contributed by atoms with E-state index in [1.54, 1.807) is 7.11 Å². The van der Waals surface area contributed by atoms with E-state index in [2.05, 4.69) is 48.9 Å². The fourth-order valence-corrected chi connectivity index (χ4v) is 3.79. The Labute approximate surface area is 139 Å². The minimum atomic E-state index is 0.736. The molecule has 0 unspecified atom stereocenters. The molecule has 0 heterocycles. The molecule has 2 nitrogen and oxygen atoms in total. The molecule has 0 aromatic heterocycles. The largest absolute Gasteiger partial charge is 0.497 e. The zero-order valence-corrected chi connectivity index (χ0v) is 15.2. The fourth-order valence-electron chi connectivity index (χ4n) is 2.96. The number of nitrogens with zero attached hydrogens (tertiary/aromatic N) is 1. The second-order valence-electron chi connectivity index (χ2n) is 5.41. The van der Waals surface area contributed by atoms with Crippen LogP contribution in [0.15, 0.2) is 22.7 Å². The molecule has 0 bridgehead atoms. The Kier molecular flexibility index (Phi) is 6.85. The lowest BCUT2D eigenvalue weighted by Crippen LogP contribution is -2.37. The highest BCUT2D eigenvalue weighted by atomic mass is 79.9. The lowest BCUT2D eigenvalue weighted by molar-refractivity contribution is 0.157. The summed E-state index contributed by atoms with van der Waals surface area (Å²) < 4.78 is 6.52. The number of methoxy groups -OCH3 is 1. The van der Waals surface area contributed by atoms with E-state index in [4.69, 9.17) is 4.74 Å². The molecule has 1 aromatic carbocycles. The summed E-state index contributed by atoms with van der Waals surface area (Å²) in [5.41, 5.74) is 1.32. The van der Waals surface area contributed by atoms with Gasteiger partial charge in [-0.05, 0) is 36.6 Å². The summed E-state index contributed by atoms with van der Waals surface area (Å²) in [7, 11) is 1.73. The Morgan fingerprint density at radius 2 is 2.00 bits per heavy atom. The van der Waals surface area contributed by atoms with E-state index in [9.17, 15) is 0 Å². The topological polar surface area (TPSA) is 12.5 Å². The van der Waals surface area contributed by atoms with Gasteiger partial charge >= 0.3 is 0 Å². The zero-order chi connectivity index (χ0) is 14.4. The van der Waals surface area contributed by atoms with Crippen molar-refractivity contribution in [1.82, 2.24) is 4.90 Å². The molecule has 1 fully saturated rings. The average molecular weight is 405 g/mol. The highest BCUT2D eigenvalue weighted by Crippen LogP contribution is 2.28. The van der Waals surface area contributed by atoms with Gasteiger partial charge in [0.2, 0.25) is 0 Å². The molecular formula is C16H23Br2NO. The van der Waals surface area contributed by atoms with Crippen molar-refractivity contribution >= 4 is 31.9 Å². The van der Waals surface area contributed by atoms with Gasteiger partial charge < -0.3 is 4.74 Å². The van der Waals surface area contributed by atoms with Gasteiger partial charge in [0.15, 0.2) is 0 Å². The minimum Gasteiger partial charge on any atom is -0.497 e. The maximum Gasteiger partial charge on any atom is 0.119 e. The van der Waals surface area contributed by atoms with Gasteiger partial charge in [0, 0.05) is 28.9 Å². The van der Waals surface area contributed by atoms with Crippen molar-refractivity contribution in [2.45, 2.75) is 44.7 Å². The molecule has 0 amide bonds. The Bertz CT molecular complexity index is 419. The number of hydrogen-bond acceptors (Lipinski definition) is 2. The molecule has 0 saturated heterocycles. The molecule has 2 rings (SSSR count). The van der Waals surface area contributed by atoms with Gasteiger partial charge in [-0.2, -0.15) is 0 Å². The normalized spacial score (nSPS) is 16.6. The van der Waals surface area contributed by atoms with Crippen LogP contribution in [0.4, 0.5) is 0 Å². The van der Waals surface area contributed by atoms with E-state index < -0.39 is 0 Å². The first kappa shape index (κ1) is 16.3. The van der Waals surface area contributed by atoms with E-state index >= 15 is 0 Å². The second-order valence-corrected chi connectivity index (χ2v) is 7.06. The molecule has 0 atom stereocenters. The average Bonchev–Trinajstić information content (AvgIpc) is 2.49. The predicted octanol–water partition coefficient (Wildman–Crippen LogP) is 4.99. The monoisotopic (exact) mass is 403 g/mol. The third-order valence-corrected chi connectivity index (χ3v) is 5.22. The quantitative estimate of drug-likeness (QED) is 0.619. The maximum atomic E-state index is 5.35. The molecule has 20 heavy (non-hydrogen) atoms. The molecule has 0 aliphatic heterocycles. The summed E-state index contributed by atoms with van der Waals surface area (Å²) >= 11 is 7.27. The van der Waals surface area contributed by atoms with E-state index in [1.165, 1.54) is 42.1 Å². The van der Waals surface area contributed by atoms with Crippen LogP contribution in [0, 0.1) is 0 Å². The standard InChI is InChI=1S/C16H23Br2NO/c1-20-15-7-8-16(18)13(11-15)12-19(10-9-17)14-5-3-2-4-6-14/h7-8,11,14H,2-6,9-10,12H2,1H3. The lowest BCUT2D eigenvalue weighted by Gasteiger charge is -2.34. The van der Waals surface area contributed by atoms with Crippen molar-refractivity contribution in [3.63, 3.8) is 0 Å². The zero-order valence-electron chi connectivity index (χ0n) is 12.1. The minimum absolute atomic E-state index is 0.736. The van der Waals surface area contributed by atoms with E-state index in [0.29, 0.717) is 0 Å². The summed E-state index contributed by atoms with van der Waals surface area (Å²) in [5, 5.41) is 1.03. The molecule has 1 aromatic rings. The number of benzene rings is 1. The van der Waals surface area contributed by atoms with Crippen molar-refractivity contribution < 1.29 is 4.74 Å². The molecule has 4 heteroatoms. The molecule has 112 valence electrons. The molecule has 0 N–H and O–H groups in total. The fraction of sp³-hybridized carbons (Fsp3) is 0.625. The first-order chi connectivity index (χ1) is 9.74. The number of hydrogen-bond donors (Lipinski definition) is 0. The highest BCUT2D eigenvalue weighted by Gasteiger charge is 2.21. The van der Waals surface area contributed by atoms with Crippen LogP contribution in [-0.2, 0) is 6.54 Å². The van der Waals surface area contributed by atoms with E-state index in [-0.39, 0.29) is 0 Å². The summed E-state index contributed by atoms with van der Waals surface area (Å²) in [5.74, 6) is 0.936. The van der Waals surface area contributed by atoms with Crippen molar-refractivity contribution in [3.8, 4) is 5.75 Å². The molecule has 1 aliphatic rings. The van der Waals surface area contributed by atoms with Crippen molar-refractivity contribution in [2.24, 2.45) is 0 Å². The van der Waals surface area contributed by atoms with Gasteiger partial charge in [-0.15, -0.1) is 0 Å². The maximum absolute atomic E-state index is 5.35. The number of rotatable bonds is 6. The van der Waals surface area contributed by atoms with Gasteiger partial charge in [-0.3, -0.25) is 4.90 Å². The molecule has 0 radical (unpaired) electrons. The van der Waals surface area contributed by atoms with Crippen LogP contribution >= 0.6 is 31.9 Å². The van der Waals surface area contributed by atoms with Crippen LogP contribution in [0.2, 0.25) is 0 Å². The third kappa shape index (κ3) is 4.47. The van der Waals surface area contributed by atoms with Gasteiger partial charge in [0.05, 0.1) is 7.11 Å². The first-order valence-corrected chi connectivity index (χ1v) is 9.28. The van der Waals surface area contributed by atoms with Crippen molar-refractivity contribution in [1.29, 1.82) is 0 Å². The van der Waals surface area contributed by atoms with E-state index in [0.717, 1.165) is 30.2 Å². The Morgan fingerprint density at radius 3 is 2.65 bits per heavy atom. The summed E-state index contributed by atoms with van der Waals surface area (Å²) in [6, 6.07) is 6.97. The molecule has 1 saturated carbocycles. The van der Waals surface area contributed by atoms with Gasteiger partial charge in [-0.1, -0.05) is 51.1 Å². The SMILES string of the molecule is COc1ccc(Br)c(CN(CCBr)C2CCCCC2)c1. The van der Waals surface area contributed by atoms with Crippen LogP contribution < -0.4 is 4.74 Å². The van der Waals surface area contributed by atoms with Crippen LogP contribution in [0.25, 0.3) is 0 Å². The van der Waals surface area contributed by atoms with Crippen LogP contribution in [0.1, 0.15) is 37.7 Å². The van der Waals surface area contributed by atoms with Gasteiger partial charge in [0.25, 0.3) is 0 Å². The number of alkyl halides is 1. The van der Waals surface area contributed by atoms with Crippen LogP contribution in [0.3, 0.4) is 0 Å². The van der Waals surface area contributed by atoms with Crippen molar-refractivity contribution in [3.05, 3.63) is 28.2 Å². The first-order valence-electron chi connectivity index (χ1n) is 7.37. The molecule has 0 spiro atoms. The predicted molar refractivity (Wildman–Crippen MR) is 91.8 cm³/mol. The summed E-state index contributed by atoms with van der Waals surface area (Å²) in [6.45, 7) is 2.10. The molecule has 1 aliphatic carbocycles. The van der Waals surface area contributed by atoms with Crippen LogP contribution in [0.5, 0.6) is 5.75 Å². The Hall–Kier alpha value is -0.0600. The van der Waals surface area contributed by atoms with E-state index in [1.807, 2.05) is 6.07 Å².